The topological polar surface area (TPSA) is 102 Å². The molecule has 2 rings (SSSR count). The van der Waals surface area contributed by atoms with Crippen LogP contribution in [-0.2, 0) is 14.4 Å². The highest BCUT2D eigenvalue weighted by Crippen LogP contribution is 2.23. The zero-order valence-electron chi connectivity index (χ0n) is 12.7. The summed E-state index contributed by atoms with van der Waals surface area (Å²) in [7, 11) is 0. The smallest absolute Gasteiger partial charge is 0.265 e. The van der Waals surface area contributed by atoms with Crippen molar-refractivity contribution in [3.8, 4) is 5.75 Å². The van der Waals surface area contributed by atoms with E-state index in [9.17, 15) is 14.4 Å². The van der Waals surface area contributed by atoms with Gasteiger partial charge in [-0.15, -0.1) is 6.58 Å². The number of para-hydroxylation sites is 1. The van der Waals surface area contributed by atoms with Crippen molar-refractivity contribution < 1.29 is 19.1 Å². The van der Waals surface area contributed by atoms with Crippen LogP contribution in [0.2, 0.25) is 0 Å². The quantitative estimate of drug-likeness (QED) is 0.336. The van der Waals surface area contributed by atoms with Crippen molar-refractivity contribution in [2.24, 2.45) is 5.73 Å². The Morgan fingerprint density at radius 2 is 2.08 bits per heavy atom. The normalized spacial score (nSPS) is 16.1. The Morgan fingerprint density at radius 1 is 1.38 bits per heavy atom. The van der Waals surface area contributed by atoms with Gasteiger partial charge in [0.05, 0.1) is 0 Å². The molecule has 8 heteroatoms. The molecule has 124 valence electrons. The number of hydrogen-bond acceptors (Lipinski definition) is 5. The van der Waals surface area contributed by atoms with Gasteiger partial charge in [0.1, 0.15) is 11.3 Å². The van der Waals surface area contributed by atoms with Crippen LogP contribution in [0.5, 0.6) is 5.75 Å². The SMILES string of the molecule is C=CCN1C(=O)/C(=C/c2ccccc2OCC(N)=O)C(=O)NC1=S. The second-order valence-corrected chi connectivity index (χ2v) is 5.20. The van der Waals surface area contributed by atoms with Gasteiger partial charge in [0.15, 0.2) is 11.7 Å². The number of nitrogens with two attached hydrogens (primary N) is 1. The third kappa shape index (κ3) is 3.85. The first-order valence-electron chi connectivity index (χ1n) is 6.94. The van der Waals surface area contributed by atoms with Crippen molar-refractivity contribution in [3.05, 3.63) is 48.1 Å². The third-order valence-electron chi connectivity index (χ3n) is 3.09. The minimum atomic E-state index is -0.633. The average Bonchev–Trinajstić information content (AvgIpc) is 2.54. The summed E-state index contributed by atoms with van der Waals surface area (Å²) in [6, 6.07) is 6.66. The summed E-state index contributed by atoms with van der Waals surface area (Å²) in [4.78, 5) is 36.6. The highest BCUT2D eigenvalue weighted by molar-refractivity contribution is 7.80. The van der Waals surface area contributed by atoms with Crippen LogP contribution in [0.3, 0.4) is 0 Å². The maximum absolute atomic E-state index is 12.5. The van der Waals surface area contributed by atoms with Gasteiger partial charge in [0.25, 0.3) is 17.7 Å². The molecule has 3 amide bonds. The molecule has 3 N–H and O–H groups in total. The third-order valence-corrected chi connectivity index (χ3v) is 3.41. The Labute approximate surface area is 143 Å². The lowest BCUT2D eigenvalue weighted by atomic mass is 10.1. The van der Waals surface area contributed by atoms with E-state index in [-0.39, 0.29) is 23.8 Å². The molecule has 1 aliphatic heterocycles. The molecular weight excluding hydrogens is 330 g/mol. The van der Waals surface area contributed by atoms with Crippen LogP contribution in [0.4, 0.5) is 0 Å². The lowest BCUT2D eigenvalue weighted by Gasteiger charge is -2.27. The van der Waals surface area contributed by atoms with Gasteiger partial charge in [-0.05, 0) is 24.4 Å². The number of hydrogen-bond donors (Lipinski definition) is 2. The monoisotopic (exact) mass is 345 g/mol. The second kappa shape index (κ2) is 7.51. The molecule has 0 aromatic heterocycles. The van der Waals surface area contributed by atoms with E-state index in [1.807, 2.05) is 0 Å². The molecule has 0 radical (unpaired) electrons. The number of ether oxygens (including phenoxy) is 1. The van der Waals surface area contributed by atoms with Gasteiger partial charge in [-0.1, -0.05) is 24.3 Å². The highest BCUT2D eigenvalue weighted by atomic mass is 32.1. The molecule has 0 unspecified atom stereocenters. The van der Waals surface area contributed by atoms with Gasteiger partial charge in [-0.25, -0.2) is 0 Å². The van der Waals surface area contributed by atoms with Gasteiger partial charge in [-0.2, -0.15) is 0 Å². The van der Waals surface area contributed by atoms with E-state index in [0.717, 1.165) is 0 Å². The molecule has 0 saturated carbocycles. The number of nitrogens with zero attached hydrogens (tertiary/aromatic N) is 1. The predicted octanol–water partition coefficient (Wildman–Crippen LogP) is 0.363. The molecule has 1 aromatic rings. The van der Waals surface area contributed by atoms with Crippen LogP contribution < -0.4 is 15.8 Å². The number of thiocarbonyl (C=S) groups is 1. The lowest BCUT2D eigenvalue weighted by Crippen LogP contribution is -2.53. The molecular formula is C16H15N3O4S. The van der Waals surface area contributed by atoms with E-state index in [2.05, 4.69) is 11.9 Å². The van der Waals surface area contributed by atoms with Gasteiger partial charge in [0, 0.05) is 12.1 Å². The maximum Gasteiger partial charge on any atom is 0.265 e. The van der Waals surface area contributed by atoms with Gasteiger partial charge < -0.3 is 10.5 Å². The summed E-state index contributed by atoms with van der Waals surface area (Å²) in [5.74, 6) is -1.44. The van der Waals surface area contributed by atoms with Crippen molar-refractivity contribution >= 4 is 41.1 Å². The van der Waals surface area contributed by atoms with E-state index in [1.165, 1.54) is 17.1 Å². The number of rotatable bonds is 6. The average molecular weight is 345 g/mol. The van der Waals surface area contributed by atoms with Crippen LogP contribution in [0.25, 0.3) is 6.08 Å². The molecule has 7 nitrogen and oxygen atoms in total. The summed E-state index contributed by atoms with van der Waals surface area (Å²) in [5, 5.41) is 2.48. The first-order valence-corrected chi connectivity index (χ1v) is 7.34. The molecule has 0 bridgehead atoms. The first kappa shape index (κ1) is 17.4. The van der Waals surface area contributed by atoms with E-state index in [4.69, 9.17) is 22.7 Å². The van der Waals surface area contributed by atoms with E-state index in [1.54, 1.807) is 24.3 Å². The molecule has 1 heterocycles. The molecule has 24 heavy (non-hydrogen) atoms. The van der Waals surface area contributed by atoms with Crippen LogP contribution in [0, 0.1) is 0 Å². The first-order chi connectivity index (χ1) is 11.4. The van der Waals surface area contributed by atoms with Gasteiger partial charge in [0.2, 0.25) is 0 Å². The Morgan fingerprint density at radius 3 is 2.75 bits per heavy atom. The standard InChI is InChI=1S/C16H15N3O4S/c1-2-7-19-15(22)11(14(21)18-16(19)24)8-10-5-3-4-6-12(10)23-9-13(17)20/h2-6,8H,1,7,9H2,(H2,17,20)(H,18,21,24)/b11-8+. The van der Waals surface area contributed by atoms with Crippen molar-refractivity contribution in [2.75, 3.05) is 13.2 Å². The number of carbonyl (C=O) groups is 3. The van der Waals surface area contributed by atoms with Crippen molar-refractivity contribution in [1.29, 1.82) is 0 Å². The maximum atomic E-state index is 12.5. The zero-order valence-corrected chi connectivity index (χ0v) is 13.5. The molecule has 1 aliphatic rings. The number of benzene rings is 1. The van der Waals surface area contributed by atoms with Crippen LogP contribution in [-0.4, -0.2) is 40.9 Å². The molecule has 1 saturated heterocycles. The Kier molecular flexibility index (Phi) is 5.43. The van der Waals surface area contributed by atoms with Gasteiger partial charge >= 0.3 is 0 Å². The van der Waals surface area contributed by atoms with Crippen molar-refractivity contribution in [2.45, 2.75) is 0 Å². The number of nitrogens with one attached hydrogen (secondary N) is 1. The molecule has 1 aromatic carbocycles. The summed E-state index contributed by atoms with van der Waals surface area (Å²) in [5.41, 5.74) is 5.42. The highest BCUT2D eigenvalue weighted by Gasteiger charge is 2.32. The Balaban J connectivity index is 2.37. The largest absolute Gasteiger partial charge is 0.483 e. The zero-order chi connectivity index (χ0) is 17.7. The Hall–Kier alpha value is -3.00. The number of amides is 3. The Bertz CT molecular complexity index is 757. The fourth-order valence-corrected chi connectivity index (χ4v) is 2.27. The van der Waals surface area contributed by atoms with Crippen LogP contribution in [0.1, 0.15) is 5.56 Å². The minimum Gasteiger partial charge on any atom is -0.483 e. The van der Waals surface area contributed by atoms with E-state index < -0.39 is 17.7 Å². The van der Waals surface area contributed by atoms with Crippen LogP contribution in [0.15, 0.2) is 42.5 Å². The summed E-state index contributed by atoms with van der Waals surface area (Å²) in [6.07, 6.45) is 2.88. The van der Waals surface area contributed by atoms with Crippen molar-refractivity contribution in [3.63, 3.8) is 0 Å². The second-order valence-electron chi connectivity index (χ2n) is 4.81. The van der Waals surface area contributed by atoms with Crippen LogP contribution >= 0.6 is 12.2 Å². The summed E-state index contributed by atoms with van der Waals surface area (Å²) < 4.78 is 5.29. The summed E-state index contributed by atoms with van der Waals surface area (Å²) >= 11 is 4.98. The van der Waals surface area contributed by atoms with E-state index in [0.29, 0.717) is 11.3 Å². The number of primary amides is 1. The predicted molar refractivity (Wildman–Crippen MR) is 91.8 cm³/mol. The molecule has 0 aliphatic carbocycles. The fraction of sp³-hybridized carbons (Fsp3) is 0.125. The van der Waals surface area contributed by atoms with E-state index >= 15 is 0 Å². The molecule has 0 atom stereocenters. The fourth-order valence-electron chi connectivity index (χ4n) is 2.02. The van der Waals surface area contributed by atoms with Gasteiger partial charge in [-0.3, -0.25) is 24.6 Å². The summed E-state index contributed by atoms with van der Waals surface area (Å²) in [6.45, 7) is 3.42. The number of carbonyl (C=O) groups excluding carboxylic acids is 3. The minimum absolute atomic E-state index is 0.0281. The molecule has 1 fully saturated rings. The molecule has 0 spiro atoms. The lowest BCUT2D eigenvalue weighted by molar-refractivity contribution is -0.128. The van der Waals surface area contributed by atoms with Crippen molar-refractivity contribution in [1.82, 2.24) is 10.2 Å².